The van der Waals surface area contributed by atoms with E-state index in [1.54, 1.807) is 0 Å². The molecule has 0 bridgehead atoms. The number of nitrogens with zero attached hydrogens (tertiary/aromatic N) is 3. The number of rotatable bonds is 5. The summed E-state index contributed by atoms with van der Waals surface area (Å²) in [6.45, 7) is 1.96. The molecule has 0 radical (unpaired) electrons. The number of aromatic nitrogens is 2. The minimum atomic E-state index is 0.00898. The highest BCUT2D eigenvalue weighted by atomic mass is 16.6. The second-order valence-corrected chi connectivity index (χ2v) is 6.02. The Labute approximate surface area is 129 Å². The summed E-state index contributed by atoms with van der Waals surface area (Å²) in [5.74, 6) is 3.64. The maximum Gasteiger partial charge on any atom is 0.229 e. The highest BCUT2D eigenvalue weighted by Gasteiger charge is 2.30. The van der Waals surface area contributed by atoms with Crippen molar-refractivity contribution in [3.05, 3.63) is 36.0 Å². The molecule has 6 nitrogen and oxygen atoms in total. The maximum absolute atomic E-state index is 5.96. The molecular weight excluding hydrogens is 282 g/mol. The standard InChI is InChI=1S/C16H19N3O3/c1-19(9-15-17-16(22-18-15)11-6-7-11)8-12-10-20-13-4-2-3-5-14(13)21-12/h2-5,11-12H,6-10H2,1H3. The Morgan fingerprint density at radius 2 is 2.05 bits per heavy atom. The van der Waals surface area contributed by atoms with Crippen LogP contribution in [0.4, 0.5) is 0 Å². The second-order valence-electron chi connectivity index (χ2n) is 6.02. The van der Waals surface area contributed by atoms with Crippen molar-refractivity contribution in [2.24, 2.45) is 0 Å². The van der Waals surface area contributed by atoms with Crippen LogP contribution in [0.15, 0.2) is 28.8 Å². The van der Waals surface area contributed by atoms with Gasteiger partial charge in [-0.05, 0) is 32.0 Å². The molecule has 1 fully saturated rings. The van der Waals surface area contributed by atoms with E-state index in [4.69, 9.17) is 14.0 Å². The Hall–Kier alpha value is -2.08. The highest BCUT2D eigenvalue weighted by molar-refractivity contribution is 5.40. The average Bonchev–Trinajstić information content (AvgIpc) is 3.28. The van der Waals surface area contributed by atoms with Crippen molar-refractivity contribution in [1.82, 2.24) is 15.0 Å². The zero-order chi connectivity index (χ0) is 14.9. The van der Waals surface area contributed by atoms with Gasteiger partial charge in [-0.15, -0.1) is 0 Å². The lowest BCUT2D eigenvalue weighted by atomic mass is 10.2. The predicted octanol–water partition coefficient (Wildman–Crippen LogP) is 2.22. The van der Waals surface area contributed by atoms with Gasteiger partial charge in [0.2, 0.25) is 5.89 Å². The van der Waals surface area contributed by atoms with Crippen molar-refractivity contribution in [1.29, 1.82) is 0 Å². The van der Waals surface area contributed by atoms with Gasteiger partial charge in [0.1, 0.15) is 12.7 Å². The number of para-hydroxylation sites is 2. The van der Waals surface area contributed by atoms with Crippen molar-refractivity contribution >= 4 is 0 Å². The van der Waals surface area contributed by atoms with Gasteiger partial charge < -0.3 is 14.0 Å². The molecule has 2 aromatic rings. The average molecular weight is 301 g/mol. The normalized spacial score (nSPS) is 20.4. The Morgan fingerprint density at radius 3 is 2.86 bits per heavy atom. The van der Waals surface area contributed by atoms with Gasteiger partial charge in [0.25, 0.3) is 0 Å². The third-order valence-electron chi connectivity index (χ3n) is 3.90. The van der Waals surface area contributed by atoms with E-state index < -0.39 is 0 Å². The third kappa shape index (κ3) is 2.92. The quantitative estimate of drug-likeness (QED) is 0.844. The third-order valence-corrected chi connectivity index (χ3v) is 3.90. The van der Waals surface area contributed by atoms with Crippen LogP contribution in [0, 0.1) is 0 Å². The molecule has 4 rings (SSSR count). The van der Waals surface area contributed by atoms with Crippen LogP contribution in [-0.2, 0) is 6.54 Å². The fourth-order valence-corrected chi connectivity index (χ4v) is 2.63. The van der Waals surface area contributed by atoms with Crippen molar-refractivity contribution in [3.63, 3.8) is 0 Å². The smallest absolute Gasteiger partial charge is 0.229 e. The van der Waals surface area contributed by atoms with Crippen LogP contribution in [0.5, 0.6) is 11.5 Å². The van der Waals surface area contributed by atoms with Gasteiger partial charge in [-0.3, -0.25) is 4.90 Å². The summed E-state index contributed by atoms with van der Waals surface area (Å²) in [5, 5.41) is 4.05. The molecule has 1 atom stereocenters. The molecule has 0 N–H and O–H groups in total. The minimum absolute atomic E-state index is 0.00898. The van der Waals surface area contributed by atoms with E-state index in [0.29, 0.717) is 19.1 Å². The molecular formula is C16H19N3O3. The molecule has 1 aliphatic heterocycles. The summed E-state index contributed by atoms with van der Waals surface area (Å²) in [7, 11) is 2.02. The Bertz CT molecular complexity index is 654. The number of benzene rings is 1. The SMILES string of the molecule is CN(Cc1noc(C2CC2)n1)CC1COc2ccccc2O1. The summed E-state index contributed by atoms with van der Waals surface area (Å²) in [5.41, 5.74) is 0. The molecule has 116 valence electrons. The maximum atomic E-state index is 5.96. The van der Waals surface area contributed by atoms with E-state index in [1.807, 2.05) is 31.3 Å². The lowest BCUT2D eigenvalue weighted by Crippen LogP contribution is -2.39. The monoisotopic (exact) mass is 301 g/mol. The highest BCUT2D eigenvalue weighted by Crippen LogP contribution is 2.38. The molecule has 1 saturated carbocycles. The zero-order valence-corrected chi connectivity index (χ0v) is 12.6. The van der Waals surface area contributed by atoms with Crippen molar-refractivity contribution in [3.8, 4) is 11.5 Å². The molecule has 0 spiro atoms. The van der Waals surface area contributed by atoms with Gasteiger partial charge in [-0.25, -0.2) is 0 Å². The number of ether oxygens (including phenoxy) is 2. The van der Waals surface area contributed by atoms with Gasteiger partial charge in [-0.1, -0.05) is 17.3 Å². The van der Waals surface area contributed by atoms with Crippen LogP contribution in [0.1, 0.15) is 30.5 Å². The second kappa shape index (κ2) is 5.61. The van der Waals surface area contributed by atoms with Gasteiger partial charge >= 0.3 is 0 Å². The Morgan fingerprint density at radius 1 is 1.23 bits per heavy atom. The molecule has 1 aliphatic carbocycles. The molecule has 2 heterocycles. The van der Waals surface area contributed by atoms with Gasteiger partial charge in [0.15, 0.2) is 17.3 Å². The van der Waals surface area contributed by atoms with E-state index in [2.05, 4.69) is 15.0 Å². The van der Waals surface area contributed by atoms with E-state index in [1.165, 1.54) is 12.8 Å². The van der Waals surface area contributed by atoms with Crippen LogP contribution in [0.3, 0.4) is 0 Å². The lowest BCUT2D eigenvalue weighted by Gasteiger charge is -2.29. The minimum Gasteiger partial charge on any atom is -0.486 e. The Balaban J connectivity index is 1.33. The molecule has 6 heteroatoms. The van der Waals surface area contributed by atoms with Crippen LogP contribution >= 0.6 is 0 Å². The summed E-state index contributed by atoms with van der Waals surface area (Å²) in [6, 6.07) is 7.76. The first kappa shape index (κ1) is 13.6. The van der Waals surface area contributed by atoms with Crippen LogP contribution < -0.4 is 9.47 Å². The fraction of sp³-hybridized carbons (Fsp3) is 0.500. The summed E-state index contributed by atoms with van der Waals surface area (Å²) >= 11 is 0. The summed E-state index contributed by atoms with van der Waals surface area (Å²) in [6.07, 6.45) is 2.35. The molecule has 1 aromatic carbocycles. The molecule has 22 heavy (non-hydrogen) atoms. The van der Waals surface area contributed by atoms with Crippen LogP contribution in [-0.4, -0.2) is 41.3 Å². The fourth-order valence-electron chi connectivity index (χ4n) is 2.63. The number of hydrogen-bond acceptors (Lipinski definition) is 6. The molecule has 0 saturated heterocycles. The largest absolute Gasteiger partial charge is 0.486 e. The van der Waals surface area contributed by atoms with Gasteiger partial charge in [-0.2, -0.15) is 4.98 Å². The van der Waals surface area contributed by atoms with Gasteiger partial charge in [0.05, 0.1) is 6.54 Å². The molecule has 1 aromatic heterocycles. The van der Waals surface area contributed by atoms with Crippen molar-refractivity contribution < 1.29 is 14.0 Å². The van der Waals surface area contributed by atoms with Crippen molar-refractivity contribution in [2.45, 2.75) is 31.4 Å². The molecule has 1 unspecified atom stereocenters. The first-order valence-electron chi connectivity index (χ1n) is 7.67. The lowest BCUT2D eigenvalue weighted by molar-refractivity contribution is 0.0630. The van der Waals surface area contributed by atoms with Crippen LogP contribution in [0.25, 0.3) is 0 Å². The van der Waals surface area contributed by atoms with Gasteiger partial charge in [0, 0.05) is 12.5 Å². The molecule has 2 aliphatic rings. The zero-order valence-electron chi connectivity index (χ0n) is 12.6. The first-order valence-corrected chi connectivity index (χ1v) is 7.67. The first-order chi connectivity index (χ1) is 10.8. The number of fused-ring (bicyclic) bond motifs is 1. The molecule has 0 amide bonds. The van der Waals surface area contributed by atoms with E-state index in [9.17, 15) is 0 Å². The Kier molecular flexibility index (Phi) is 3.46. The van der Waals surface area contributed by atoms with E-state index >= 15 is 0 Å². The number of likely N-dealkylation sites (N-methyl/N-ethyl adjacent to an activating group) is 1. The van der Waals surface area contributed by atoms with Crippen LogP contribution in [0.2, 0.25) is 0 Å². The topological polar surface area (TPSA) is 60.6 Å². The van der Waals surface area contributed by atoms with E-state index in [0.717, 1.165) is 29.8 Å². The predicted molar refractivity (Wildman–Crippen MR) is 79.0 cm³/mol. The number of hydrogen-bond donors (Lipinski definition) is 0. The van der Waals surface area contributed by atoms with Crippen molar-refractivity contribution in [2.75, 3.05) is 20.2 Å². The van der Waals surface area contributed by atoms with E-state index in [-0.39, 0.29) is 6.10 Å². The summed E-state index contributed by atoms with van der Waals surface area (Å²) < 4.78 is 17.0. The summed E-state index contributed by atoms with van der Waals surface area (Å²) in [4.78, 5) is 6.58.